The molecule has 0 aliphatic rings. The van der Waals surface area contributed by atoms with Gasteiger partial charge in [-0.15, -0.1) is 0 Å². The summed E-state index contributed by atoms with van der Waals surface area (Å²) >= 11 is 5.87. The molecule has 4 heteroatoms. The van der Waals surface area contributed by atoms with Crippen LogP contribution in [0.3, 0.4) is 0 Å². The zero-order valence-corrected chi connectivity index (χ0v) is 13.8. The van der Waals surface area contributed by atoms with Gasteiger partial charge in [-0.3, -0.25) is 9.79 Å². The van der Waals surface area contributed by atoms with Crippen molar-refractivity contribution in [2.75, 3.05) is 6.61 Å². The van der Waals surface area contributed by atoms with E-state index in [2.05, 4.69) is 18.8 Å². The van der Waals surface area contributed by atoms with E-state index >= 15 is 0 Å². The minimum absolute atomic E-state index is 0.127. The summed E-state index contributed by atoms with van der Waals surface area (Å²) < 4.78 is 4.93. The van der Waals surface area contributed by atoms with Gasteiger partial charge in [0.15, 0.2) is 0 Å². The van der Waals surface area contributed by atoms with Crippen LogP contribution in [0.1, 0.15) is 45.6 Å². The highest BCUT2D eigenvalue weighted by molar-refractivity contribution is 6.30. The van der Waals surface area contributed by atoms with E-state index in [0.717, 1.165) is 29.1 Å². The van der Waals surface area contributed by atoms with Crippen LogP contribution in [0, 0.1) is 5.92 Å². The van der Waals surface area contributed by atoms with Gasteiger partial charge >= 0.3 is 5.97 Å². The second kappa shape index (κ2) is 9.56. The molecule has 116 valence electrons. The van der Waals surface area contributed by atoms with E-state index in [-0.39, 0.29) is 5.97 Å². The molecule has 21 heavy (non-hydrogen) atoms. The molecule has 0 fully saturated rings. The third-order valence-corrected chi connectivity index (χ3v) is 3.42. The molecular weight excluding hydrogens is 286 g/mol. The van der Waals surface area contributed by atoms with Gasteiger partial charge in [0.05, 0.1) is 13.2 Å². The largest absolute Gasteiger partial charge is 0.466 e. The highest BCUT2D eigenvalue weighted by Gasteiger charge is 2.08. The number of rotatable bonds is 8. The topological polar surface area (TPSA) is 38.7 Å². The zero-order valence-electron chi connectivity index (χ0n) is 13.1. The minimum Gasteiger partial charge on any atom is -0.466 e. The zero-order chi connectivity index (χ0) is 15.7. The molecule has 0 spiro atoms. The standard InChI is InChI=1S/C17H24ClNO2/c1-4-21-17(20)7-5-6-16(13(2)3)19-12-14-8-10-15(18)11-9-14/h8-11,13H,4-7,12H2,1-3H3. The number of benzene rings is 1. The number of halogens is 1. The number of ether oxygens (including phenoxy) is 1. The van der Waals surface area contributed by atoms with Crippen molar-refractivity contribution in [2.45, 2.75) is 46.6 Å². The molecule has 0 N–H and O–H groups in total. The summed E-state index contributed by atoms with van der Waals surface area (Å²) in [5, 5.41) is 0.737. The molecule has 0 amide bonds. The smallest absolute Gasteiger partial charge is 0.305 e. The maximum absolute atomic E-state index is 11.3. The summed E-state index contributed by atoms with van der Waals surface area (Å²) in [6.07, 6.45) is 2.08. The molecule has 1 aromatic rings. The first-order valence-electron chi connectivity index (χ1n) is 7.46. The van der Waals surface area contributed by atoms with Gasteiger partial charge in [-0.25, -0.2) is 0 Å². The quantitative estimate of drug-likeness (QED) is 0.517. The Morgan fingerprint density at radius 3 is 2.48 bits per heavy atom. The lowest BCUT2D eigenvalue weighted by Gasteiger charge is -2.10. The highest BCUT2D eigenvalue weighted by atomic mass is 35.5. The molecular formula is C17H24ClNO2. The van der Waals surface area contributed by atoms with Gasteiger partial charge in [-0.05, 0) is 43.4 Å². The average Bonchev–Trinajstić information content (AvgIpc) is 2.44. The Balaban J connectivity index is 2.50. The monoisotopic (exact) mass is 309 g/mol. The fourth-order valence-corrected chi connectivity index (χ4v) is 2.11. The summed E-state index contributed by atoms with van der Waals surface area (Å²) in [5.41, 5.74) is 2.29. The molecule has 0 bridgehead atoms. The van der Waals surface area contributed by atoms with Crippen molar-refractivity contribution in [1.29, 1.82) is 0 Å². The van der Waals surface area contributed by atoms with E-state index in [0.29, 0.717) is 25.5 Å². The Morgan fingerprint density at radius 2 is 1.90 bits per heavy atom. The highest BCUT2D eigenvalue weighted by Crippen LogP contribution is 2.13. The molecule has 0 aliphatic carbocycles. The fourth-order valence-electron chi connectivity index (χ4n) is 1.98. The predicted molar refractivity (Wildman–Crippen MR) is 87.9 cm³/mol. The van der Waals surface area contributed by atoms with E-state index in [9.17, 15) is 4.79 Å². The normalized spacial score (nSPS) is 11.8. The molecule has 0 radical (unpaired) electrons. The average molecular weight is 310 g/mol. The molecule has 0 saturated heterocycles. The first kappa shape index (κ1) is 17.7. The molecule has 0 aromatic heterocycles. The molecule has 0 saturated carbocycles. The Labute approximate surface area is 132 Å². The molecule has 0 aliphatic heterocycles. The van der Waals surface area contributed by atoms with Crippen LogP contribution in [0.15, 0.2) is 29.3 Å². The number of carbonyl (C=O) groups is 1. The van der Waals surface area contributed by atoms with Crippen molar-refractivity contribution >= 4 is 23.3 Å². The Bertz CT molecular complexity index is 466. The maximum atomic E-state index is 11.3. The van der Waals surface area contributed by atoms with Gasteiger partial charge in [-0.1, -0.05) is 37.6 Å². The lowest BCUT2D eigenvalue weighted by Crippen LogP contribution is -2.10. The lowest BCUT2D eigenvalue weighted by atomic mass is 10.0. The van der Waals surface area contributed by atoms with Gasteiger partial charge in [-0.2, -0.15) is 0 Å². The summed E-state index contributed by atoms with van der Waals surface area (Å²) in [4.78, 5) is 16.0. The van der Waals surface area contributed by atoms with Crippen LogP contribution in [-0.4, -0.2) is 18.3 Å². The third-order valence-electron chi connectivity index (χ3n) is 3.16. The molecule has 0 unspecified atom stereocenters. The lowest BCUT2D eigenvalue weighted by molar-refractivity contribution is -0.143. The van der Waals surface area contributed by atoms with Crippen LogP contribution in [-0.2, 0) is 16.1 Å². The van der Waals surface area contributed by atoms with Crippen LogP contribution in [0.25, 0.3) is 0 Å². The second-order valence-electron chi connectivity index (χ2n) is 5.25. The number of hydrogen-bond donors (Lipinski definition) is 0. The van der Waals surface area contributed by atoms with Crippen LogP contribution in [0.4, 0.5) is 0 Å². The number of hydrogen-bond acceptors (Lipinski definition) is 3. The van der Waals surface area contributed by atoms with E-state index in [1.807, 2.05) is 31.2 Å². The summed E-state index contributed by atoms with van der Waals surface area (Å²) in [5.74, 6) is 0.262. The Morgan fingerprint density at radius 1 is 1.24 bits per heavy atom. The first-order chi connectivity index (χ1) is 10.0. The number of carbonyl (C=O) groups excluding carboxylic acids is 1. The maximum Gasteiger partial charge on any atom is 0.305 e. The third kappa shape index (κ3) is 7.28. The molecule has 0 atom stereocenters. The Hall–Kier alpha value is -1.35. The van der Waals surface area contributed by atoms with Crippen LogP contribution < -0.4 is 0 Å². The van der Waals surface area contributed by atoms with Gasteiger partial charge in [0.2, 0.25) is 0 Å². The minimum atomic E-state index is -0.127. The summed E-state index contributed by atoms with van der Waals surface area (Å²) in [6.45, 7) is 7.19. The molecule has 1 aromatic carbocycles. The van der Waals surface area contributed by atoms with Gasteiger partial charge in [0, 0.05) is 17.2 Å². The van der Waals surface area contributed by atoms with Crippen molar-refractivity contribution in [3.63, 3.8) is 0 Å². The fraction of sp³-hybridized carbons (Fsp3) is 0.529. The number of nitrogens with zero attached hydrogens (tertiary/aromatic N) is 1. The Kier molecular flexibility index (Phi) is 8.06. The number of aliphatic imine (C=N–C) groups is 1. The molecule has 1 rings (SSSR count). The van der Waals surface area contributed by atoms with Crippen molar-refractivity contribution in [3.05, 3.63) is 34.9 Å². The molecule has 3 nitrogen and oxygen atoms in total. The second-order valence-corrected chi connectivity index (χ2v) is 5.68. The summed E-state index contributed by atoms with van der Waals surface area (Å²) in [6, 6.07) is 7.73. The van der Waals surface area contributed by atoms with E-state index in [4.69, 9.17) is 16.3 Å². The van der Waals surface area contributed by atoms with Crippen LogP contribution in [0.2, 0.25) is 5.02 Å². The van der Waals surface area contributed by atoms with Gasteiger partial charge in [0.25, 0.3) is 0 Å². The van der Waals surface area contributed by atoms with E-state index < -0.39 is 0 Å². The van der Waals surface area contributed by atoms with Crippen LogP contribution in [0.5, 0.6) is 0 Å². The molecule has 0 heterocycles. The van der Waals surface area contributed by atoms with Crippen molar-refractivity contribution in [2.24, 2.45) is 10.9 Å². The SMILES string of the molecule is CCOC(=O)CCCC(=NCc1ccc(Cl)cc1)C(C)C. The van der Waals surface area contributed by atoms with Gasteiger partial charge < -0.3 is 4.74 Å². The van der Waals surface area contributed by atoms with E-state index in [1.165, 1.54) is 0 Å². The van der Waals surface area contributed by atoms with Gasteiger partial charge in [0.1, 0.15) is 0 Å². The number of esters is 1. The first-order valence-corrected chi connectivity index (χ1v) is 7.84. The van der Waals surface area contributed by atoms with Crippen molar-refractivity contribution in [1.82, 2.24) is 0 Å². The van der Waals surface area contributed by atoms with Crippen LogP contribution >= 0.6 is 11.6 Å². The van der Waals surface area contributed by atoms with E-state index in [1.54, 1.807) is 0 Å². The summed E-state index contributed by atoms with van der Waals surface area (Å²) in [7, 11) is 0. The predicted octanol–water partition coefficient (Wildman–Crippen LogP) is 4.67. The van der Waals surface area contributed by atoms with Crippen molar-refractivity contribution in [3.8, 4) is 0 Å². The van der Waals surface area contributed by atoms with Crippen molar-refractivity contribution < 1.29 is 9.53 Å².